The molecule has 1 aromatic carbocycles. The smallest absolute Gasteiger partial charge is 0.287 e. The van der Waals surface area contributed by atoms with Crippen LogP contribution in [0.5, 0.6) is 0 Å². The topological polar surface area (TPSA) is 221 Å². The summed E-state index contributed by atoms with van der Waals surface area (Å²) in [6.45, 7) is 0. The Hall–Kier alpha value is -4.95. The van der Waals surface area contributed by atoms with Crippen LogP contribution in [0.25, 0.3) is 11.4 Å². The third kappa shape index (κ3) is 2.10. The van der Waals surface area contributed by atoms with Crippen molar-refractivity contribution in [1.29, 1.82) is 0 Å². The molecule has 0 saturated heterocycles. The number of rotatable bonds is 2. The van der Waals surface area contributed by atoms with E-state index in [9.17, 15) is 14.4 Å². The molecule has 1 aliphatic carbocycles. The fourth-order valence-corrected chi connectivity index (χ4v) is 4.11. The molecule has 0 radical (unpaired) electrons. The molecule has 15 heteroatoms. The lowest BCUT2D eigenvalue weighted by atomic mass is 9.77. The average molecular weight is 432 g/mol. The van der Waals surface area contributed by atoms with Gasteiger partial charge in [0.15, 0.2) is 11.6 Å². The summed E-state index contributed by atoms with van der Waals surface area (Å²) in [5.41, 5.74) is 8.59. The molecule has 4 heterocycles. The van der Waals surface area contributed by atoms with Gasteiger partial charge in [0, 0.05) is 5.56 Å². The number of aromatic nitrogens is 10. The van der Waals surface area contributed by atoms with Gasteiger partial charge in [-0.25, -0.2) is 15.1 Å². The van der Waals surface area contributed by atoms with Gasteiger partial charge in [0.05, 0.1) is 0 Å². The number of anilines is 2. The summed E-state index contributed by atoms with van der Waals surface area (Å²) in [4.78, 5) is 48.6. The lowest BCUT2D eigenvalue weighted by Gasteiger charge is -2.24. The van der Waals surface area contributed by atoms with E-state index < -0.39 is 22.3 Å². The molecule has 32 heavy (non-hydrogen) atoms. The number of ketones is 1. The largest absolute Gasteiger partial charge is 0.379 e. The third-order valence-corrected chi connectivity index (χ3v) is 5.54. The van der Waals surface area contributed by atoms with Crippen molar-refractivity contribution in [3.05, 3.63) is 67.5 Å². The molecule has 0 fully saturated rings. The van der Waals surface area contributed by atoms with E-state index in [0.717, 1.165) is 9.15 Å². The van der Waals surface area contributed by atoms with Crippen LogP contribution in [0.3, 0.4) is 0 Å². The summed E-state index contributed by atoms with van der Waals surface area (Å²) in [6, 6.07) is 6.79. The molecule has 0 spiro atoms. The Labute approximate surface area is 175 Å². The third-order valence-electron chi connectivity index (χ3n) is 5.54. The van der Waals surface area contributed by atoms with Gasteiger partial charge in [-0.3, -0.25) is 19.5 Å². The highest BCUT2D eigenvalue weighted by molar-refractivity contribution is 6.10. The Morgan fingerprint density at radius 1 is 0.938 bits per heavy atom. The number of nitrogens with one attached hydrogen (secondary N) is 2. The molecule has 0 amide bonds. The van der Waals surface area contributed by atoms with Crippen LogP contribution in [-0.2, 0) is 11.8 Å². The quantitative estimate of drug-likeness (QED) is 0.235. The minimum absolute atomic E-state index is 0.0203. The highest BCUT2D eigenvalue weighted by atomic mass is 16.1. The Kier molecular flexibility index (Phi) is 3.24. The predicted molar refractivity (Wildman–Crippen MR) is 107 cm³/mol. The Balaban J connectivity index is 1.74. The molecule has 6 N–H and O–H groups in total. The van der Waals surface area contributed by atoms with Crippen molar-refractivity contribution < 1.29 is 4.79 Å². The van der Waals surface area contributed by atoms with Crippen LogP contribution in [0.15, 0.2) is 33.9 Å². The van der Waals surface area contributed by atoms with Crippen molar-refractivity contribution in [3.63, 3.8) is 0 Å². The SMILES string of the molecule is Nc1nnn2[nH]c(=O)c([C@]3(c4nc5nnc(N)n5[nH]c4=O)Cc4ccccc4C3=O)nc12. The van der Waals surface area contributed by atoms with Crippen LogP contribution in [0.2, 0.25) is 0 Å². The summed E-state index contributed by atoms with van der Waals surface area (Å²) in [5.74, 6) is -0.732. The number of hydrogen-bond donors (Lipinski definition) is 4. The fraction of sp³-hybridized carbons (Fsp3) is 0.118. The van der Waals surface area contributed by atoms with Gasteiger partial charge in [-0.2, -0.15) is 4.52 Å². The van der Waals surface area contributed by atoms with Crippen molar-refractivity contribution in [2.75, 3.05) is 11.5 Å². The van der Waals surface area contributed by atoms with Crippen LogP contribution < -0.4 is 22.6 Å². The molecule has 4 aromatic heterocycles. The molecule has 15 nitrogen and oxygen atoms in total. The number of nitrogens with two attached hydrogens (primary N) is 2. The van der Waals surface area contributed by atoms with Crippen LogP contribution in [0, 0.1) is 0 Å². The van der Waals surface area contributed by atoms with Crippen molar-refractivity contribution in [1.82, 2.24) is 49.8 Å². The molecule has 0 saturated carbocycles. The number of Topliss-reactive ketones (excluding diaryl/α,β-unsaturated/α-hetero) is 1. The van der Waals surface area contributed by atoms with Gasteiger partial charge in [0.1, 0.15) is 16.8 Å². The number of H-pyrrole nitrogens is 2. The van der Waals surface area contributed by atoms with Crippen molar-refractivity contribution in [2.24, 2.45) is 0 Å². The summed E-state index contributed by atoms with van der Waals surface area (Å²) >= 11 is 0. The highest BCUT2D eigenvalue weighted by Gasteiger charge is 2.54. The van der Waals surface area contributed by atoms with Crippen LogP contribution in [-0.4, -0.2) is 55.6 Å². The van der Waals surface area contributed by atoms with Gasteiger partial charge in [-0.05, 0) is 17.2 Å². The summed E-state index contributed by atoms with van der Waals surface area (Å²) in [7, 11) is 0. The van der Waals surface area contributed by atoms with E-state index in [4.69, 9.17) is 11.5 Å². The Morgan fingerprint density at radius 3 is 2.50 bits per heavy atom. The zero-order chi connectivity index (χ0) is 22.2. The number of aromatic amines is 2. The number of hydrogen-bond acceptors (Lipinski definition) is 11. The highest BCUT2D eigenvalue weighted by Crippen LogP contribution is 2.41. The zero-order valence-corrected chi connectivity index (χ0v) is 16.0. The molecule has 1 atom stereocenters. The lowest BCUT2D eigenvalue weighted by Crippen LogP contribution is -2.46. The van der Waals surface area contributed by atoms with Gasteiger partial charge in [-0.1, -0.05) is 24.3 Å². The first-order valence-corrected chi connectivity index (χ1v) is 9.26. The minimum atomic E-state index is -1.86. The first kappa shape index (κ1) is 17.9. The Morgan fingerprint density at radius 2 is 1.69 bits per heavy atom. The number of carbonyl (C=O) groups excluding carboxylic acids is 1. The van der Waals surface area contributed by atoms with E-state index in [1.54, 1.807) is 24.3 Å². The number of nitrogens with zero attached hydrogens (tertiary/aromatic N) is 8. The van der Waals surface area contributed by atoms with Crippen LogP contribution in [0.4, 0.5) is 11.8 Å². The van der Waals surface area contributed by atoms with E-state index in [-0.39, 0.29) is 41.0 Å². The molecular formula is C17H12N12O3. The van der Waals surface area contributed by atoms with E-state index in [2.05, 4.69) is 40.7 Å². The van der Waals surface area contributed by atoms with Gasteiger partial charge < -0.3 is 11.5 Å². The number of fused-ring (bicyclic) bond motifs is 3. The molecular weight excluding hydrogens is 420 g/mol. The van der Waals surface area contributed by atoms with Crippen molar-refractivity contribution in [3.8, 4) is 0 Å². The van der Waals surface area contributed by atoms with Gasteiger partial charge in [0.25, 0.3) is 16.9 Å². The molecule has 5 aromatic rings. The maximum Gasteiger partial charge on any atom is 0.287 e. The maximum absolute atomic E-state index is 13.8. The van der Waals surface area contributed by atoms with E-state index in [0.29, 0.717) is 11.1 Å². The number of benzene rings is 1. The lowest BCUT2D eigenvalue weighted by molar-refractivity contribution is 0.0922. The second-order valence-corrected chi connectivity index (χ2v) is 7.27. The zero-order valence-electron chi connectivity index (χ0n) is 16.0. The van der Waals surface area contributed by atoms with E-state index >= 15 is 0 Å². The van der Waals surface area contributed by atoms with Crippen molar-refractivity contribution in [2.45, 2.75) is 11.8 Å². The minimum Gasteiger partial charge on any atom is -0.379 e. The molecule has 0 aliphatic heterocycles. The van der Waals surface area contributed by atoms with Gasteiger partial charge in [0.2, 0.25) is 11.6 Å². The summed E-state index contributed by atoms with van der Waals surface area (Å²) < 4.78 is 2.06. The standard InChI is InChI=1S/C17H12N12O3/c18-11-12-20-8(14(32)26-29(12)27-22-11)17(5-6-3-1-2-4-7(6)10(17)30)9-13(31)25-28-15(19)23-24-16(28)21-9/h1-4H,5,18H2,(H2,19,23)(H,25,31)(H,26,32)/t17-/m0/s1. The average Bonchev–Trinajstić information content (AvgIpc) is 3.42. The summed E-state index contributed by atoms with van der Waals surface area (Å²) in [5, 5.41) is 19.8. The van der Waals surface area contributed by atoms with E-state index in [1.165, 1.54) is 0 Å². The number of carbonyl (C=O) groups is 1. The first-order valence-electron chi connectivity index (χ1n) is 9.26. The van der Waals surface area contributed by atoms with Gasteiger partial charge >= 0.3 is 0 Å². The molecule has 1 aliphatic rings. The predicted octanol–water partition coefficient (Wildman–Crippen LogP) is -2.17. The fourth-order valence-electron chi connectivity index (χ4n) is 4.11. The Bertz CT molecular complexity index is 1710. The van der Waals surface area contributed by atoms with Crippen LogP contribution in [0.1, 0.15) is 27.3 Å². The second kappa shape index (κ2) is 5.81. The molecule has 0 bridgehead atoms. The monoisotopic (exact) mass is 432 g/mol. The first-order chi connectivity index (χ1) is 15.4. The molecule has 6 rings (SSSR count). The number of nitrogen functional groups attached to an aromatic ring is 2. The second-order valence-electron chi connectivity index (χ2n) is 7.27. The normalized spacial score (nSPS) is 17.9. The maximum atomic E-state index is 13.8. The van der Waals surface area contributed by atoms with E-state index in [1.807, 2.05) is 0 Å². The molecule has 0 unspecified atom stereocenters. The molecule has 158 valence electrons. The van der Waals surface area contributed by atoms with Crippen LogP contribution >= 0.6 is 0 Å². The van der Waals surface area contributed by atoms with Gasteiger partial charge in [-0.15, -0.1) is 19.9 Å². The van der Waals surface area contributed by atoms with Crippen molar-refractivity contribution >= 4 is 29.0 Å². The summed E-state index contributed by atoms with van der Waals surface area (Å²) in [6.07, 6.45) is -0.0361.